The van der Waals surface area contributed by atoms with Crippen molar-refractivity contribution >= 4 is 23.5 Å². The van der Waals surface area contributed by atoms with E-state index in [1.54, 1.807) is 40.0 Å². The number of nitrogens with zero attached hydrogens (tertiary/aromatic N) is 2. The number of furan rings is 1. The van der Waals surface area contributed by atoms with Crippen LogP contribution in [0.2, 0.25) is 0 Å². The number of hydrogen-bond donors (Lipinski definition) is 1. The number of methoxy groups -OCH3 is 1. The van der Waals surface area contributed by atoms with Crippen molar-refractivity contribution < 1.29 is 23.2 Å². The minimum Gasteiger partial charge on any atom is -0.469 e. The van der Waals surface area contributed by atoms with Gasteiger partial charge in [0.15, 0.2) is 5.78 Å². The molecular formula is C18H19N3O5S. The van der Waals surface area contributed by atoms with Gasteiger partial charge in [-0.2, -0.15) is 0 Å². The fraction of sp³-hybridized carbons (Fsp3) is 0.333. The monoisotopic (exact) mass is 389 g/mol. The molecule has 27 heavy (non-hydrogen) atoms. The van der Waals surface area contributed by atoms with E-state index in [4.69, 9.17) is 13.6 Å². The standard InChI is InChI=1S/C18H19N3O5S/c1-8-13(17(23)24-5)9(2)19-14(8)15(22)11(4)27-18-21-20-16(26-18)12-6-7-25-10(12)3/h6-7,11,19H,1-5H3. The van der Waals surface area contributed by atoms with E-state index >= 15 is 0 Å². The van der Waals surface area contributed by atoms with Gasteiger partial charge in [0.2, 0.25) is 0 Å². The van der Waals surface area contributed by atoms with E-state index in [1.807, 2.05) is 0 Å². The maximum atomic E-state index is 12.8. The van der Waals surface area contributed by atoms with Gasteiger partial charge in [0, 0.05) is 5.69 Å². The van der Waals surface area contributed by atoms with Crippen LogP contribution in [0.5, 0.6) is 0 Å². The molecule has 1 unspecified atom stereocenters. The Bertz CT molecular complexity index is 1000. The molecular weight excluding hydrogens is 370 g/mol. The number of esters is 1. The number of ketones is 1. The Morgan fingerprint density at radius 3 is 2.63 bits per heavy atom. The second kappa shape index (κ2) is 7.43. The third-order valence-electron chi connectivity index (χ3n) is 4.22. The average molecular weight is 389 g/mol. The van der Waals surface area contributed by atoms with Crippen molar-refractivity contribution in [1.29, 1.82) is 0 Å². The number of rotatable bonds is 6. The van der Waals surface area contributed by atoms with Gasteiger partial charge in [-0.3, -0.25) is 4.79 Å². The van der Waals surface area contributed by atoms with Gasteiger partial charge in [0.1, 0.15) is 5.76 Å². The summed E-state index contributed by atoms with van der Waals surface area (Å²) in [7, 11) is 1.31. The van der Waals surface area contributed by atoms with Crippen LogP contribution < -0.4 is 0 Å². The highest BCUT2D eigenvalue weighted by Crippen LogP contribution is 2.30. The molecule has 8 nitrogen and oxygen atoms in total. The van der Waals surface area contributed by atoms with Gasteiger partial charge in [0.05, 0.1) is 35.4 Å². The highest BCUT2D eigenvalue weighted by Gasteiger charge is 2.27. The molecule has 142 valence electrons. The molecule has 3 aromatic rings. The molecule has 3 aromatic heterocycles. The predicted molar refractivity (Wildman–Crippen MR) is 98.0 cm³/mol. The molecule has 1 N–H and O–H groups in total. The first-order chi connectivity index (χ1) is 12.8. The summed E-state index contributed by atoms with van der Waals surface area (Å²) in [6.45, 7) is 6.99. The maximum Gasteiger partial charge on any atom is 0.339 e. The van der Waals surface area contributed by atoms with Crippen LogP contribution in [0.3, 0.4) is 0 Å². The molecule has 0 aliphatic carbocycles. The predicted octanol–water partition coefficient (Wildman–Crippen LogP) is 3.73. The van der Waals surface area contributed by atoms with Crippen LogP contribution in [0.4, 0.5) is 0 Å². The number of aryl methyl sites for hydroxylation is 2. The molecule has 0 spiro atoms. The van der Waals surface area contributed by atoms with Crippen molar-refractivity contribution in [3.8, 4) is 11.5 Å². The number of H-pyrrole nitrogens is 1. The molecule has 3 heterocycles. The molecule has 0 amide bonds. The molecule has 0 aliphatic heterocycles. The van der Waals surface area contributed by atoms with Crippen LogP contribution in [0, 0.1) is 20.8 Å². The number of carbonyl (C=O) groups excluding carboxylic acids is 2. The number of carbonyl (C=O) groups is 2. The molecule has 0 saturated heterocycles. The first-order valence-corrected chi connectivity index (χ1v) is 9.07. The van der Waals surface area contributed by atoms with E-state index in [1.165, 1.54) is 7.11 Å². The molecule has 9 heteroatoms. The zero-order valence-electron chi connectivity index (χ0n) is 15.6. The van der Waals surface area contributed by atoms with Crippen LogP contribution in [0.25, 0.3) is 11.5 Å². The Hall–Kier alpha value is -2.81. The van der Waals surface area contributed by atoms with Gasteiger partial charge in [-0.1, -0.05) is 11.8 Å². The largest absolute Gasteiger partial charge is 0.469 e. The molecule has 0 radical (unpaired) electrons. The SMILES string of the molecule is COC(=O)c1c(C)[nH]c(C(=O)C(C)Sc2nnc(-c3ccoc3C)o2)c1C. The van der Waals surface area contributed by atoms with Crippen LogP contribution in [0.15, 0.2) is 26.4 Å². The van der Waals surface area contributed by atoms with E-state index in [-0.39, 0.29) is 11.0 Å². The number of thioether (sulfide) groups is 1. The summed E-state index contributed by atoms with van der Waals surface area (Å²) in [4.78, 5) is 27.7. The van der Waals surface area contributed by atoms with Crippen molar-refractivity contribution in [1.82, 2.24) is 15.2 Å². The van der Waals surface area contributed by atoms with Crippen LogP contribution in [-0.4, -0.2) is 39.3 Å². The van der Waals surface area contributed by atoms with E-state index in [0.717, 1.165) is 11.8 Å². The van der Waals surface area contributed by atoms with Crippen molar-refractivity contribution in [3.05, 3.63) is 40.6 Å². The van der Waals surface area contributed by atoms with E-state index < -0.39 is 11.2 Å². The van der Waals surface area contributed by atoms with Gasteiger partial charge in [-0.15, -0.1) is 10.2 Å². The number of ether oxygens (including phenoxy) is 1. The molecule has 0 aromatic carbocycles. The lowest BCUT2D eigenvalue weighted by Gasteiger charge is -2.07. The number of aromatic nitrogens is 3. The quantitative estimate of drug-likeness (QED) is 0.386. The smallest absolute Gasteiger partial charge is 0.339 e. The summed E-state index contributed by atoms with van der Waals surface area (Å²) in [6, 6.07) is 1.74. The third kappa shape index (κ3) is 3.55. The zero-order valence-corrected chi connectivity index (χ0v) is 16.4. The van der Waals surface area contributed by atoms with Gasteiger partial charge >= 0.3 is 5.97 Å². The molecule has 0 saturated carbocycles. The number of nitrogens with one attached hydrogen (secondary N) is 1. The minimum atomic E-state index is -0.494. The normalized spacial score (nSPS) is 12.2. The zero-order chi connectivity index (χ0) is 19.7. The van der Waals surface area contributed by atoms with Gasteiger partial charge < -0.3 is 18.6 Å². The fourth-order valence-electron chi connectivity index (χ4n) is 2.79. The van der Waals surface area contributed by atoms with Crippen LogP contribution in [0.1, 0.15) is 44.8 Å². The van der Waals surface area contributed by atoms with Gasteiger partial charge in [-0.05, 0) is 39.3 Å². The Morgan fingerprint density at radius 2 is 2.00 bits per heavy atom. The number of hydrogen-bond acceptors (Lipinski definition) is 8. The fourth-order valence-corrected chi connectivity index (χ4v) is 3.53. The Balaban J connectivity index is 1.78. The second-order valence-electron chi connectivity index (χ2n) is 6.00. The summed E-state index contributed by atoms with van der Waals surface area (Å²) in [5.41, 5.74) is 2.63. The lowest BCUT2D eigenvalue weighted by atomic mass is 10.1. The molecule has 3 rings (SSSR count). The third-order valence-corrected chi connectivity index (χ3v) is 5.15. The topological polar surface area (TPSA) is 111 Å². The summed E-state index contributed by atoms with van der Waals surface area (Å²) in [5.74, 6) is 0.364. The molecule has 0 bridgehead atoms. The van der Waals surface area contributed by atoms with Gasteiger partial charge in [-0.25, -0.2) is 4.79 Å². The van der Waals surface area contributed by atoms with Gasteiger partial charge in [0.25, 0.3) is 11.1 Å². The highest BCUT2D eigenvalue weighted by atomic mass is 32.2. The second-order valence-corrected chi connectivity index (χ2v) is 7.30. The first kappa shape index (κ1) is 19.0. The maximum absolute atomic E-state index is 12.8. The van der Waals surface area contributed by atoms with Crippen molar-refractivity contribution in [3.63, 3.8) is 0 Å². The molecule has 1 atom stereocenters. The van der Waals surface area contributed by atoms with Crippen LogP contribution >= 0.6 is 11.8 Å². The minimum absolute atomic E-state index is 0.171. The molecule has 0 aliphatic rings. The molecule has 0 fully saturated rings. The Kier molecular flexibility index (Phi) is 5.22. The van der Waals surface area contributed by atoms with E-state index in [9.17, 15) is 9.59 Å². The first-order valence-electron chi connectivity index (χ1n) is 8.19. The summed E-state index contributed by atoms with van der Waals surface area (Å²) in [5, 5.41) is 7.76. The summed E-state index contributed by atoms with van der Waals surface area (Å²) < 4.78 is 15.6. The highest BCUT2D eigenvalue weighted by molar-refractivity contribution is 8.00. The van der Waals surface area contributed by atoms with Crippen molar-refractivity contribution in [2.75, 3.05) is 7.11 Å². The van der Waals surface area contributed by atoms with Crippen molar-refractivity contribution in [2.45, 2.75) is 38.2 Å². The number of Topliss-reactive ketones (excluding diaryl/α,β-unsaturated/α-hetero) is 1. The van der Waals surface area contributed by atoms with E-state index in [2.05, 4.69) is 15.2 Å². The van der Waals surface area contributed by atoms with Crippen molar-refractivity contribution in [2.24, 2.45) is 0 Å². The number of aromatic amines is 1. The summed E-state index contributed by atoms with van der Waals surface area (Å²) in [6.07, 6.45) is 1.54. The van der Waals surface area contributed by atoms with Crippen LogP contribution in [-0.2, 0) is 4.74 Å². The van der Waals surface area contributed by atoms with E-state index in [0.29, 0.717) is 39.7 Å². The Labute approximate surface area is 159 Å². The Morgan fingerprint density at radius 1 is 1.26 bits per heavy atom. The lowest BCUT2D eigenvalue weighted by molar-refractivity contribution is 0.0599. The average Bonchev–Trinajstić information content (AvgIpc) is 3.33. The lowest BCUT2D eigenvalue weighted by Crippen LogP contribution is -2.15. The summed E-state index contributed by atoms with van der Waals surface area (Å²) >= 11 is 1.15.